The van der Waals surface area contributed by atoms with Crippen molar-refractivity contribution in [1.82, 2.24) is 5.43 Å². The van der Waals surface area contributed by atoms with Gasteiger partial charge in [0.15, 0.2) is 0 Å². The molecule has 0 aliphatic carbocycles. The average molecular weight is 575 g/mol. The third kappa shape index (κ3) is 7.53. The number of para-hydroxylation sites is 1. The summed E-state index contributed by atoms with van der Waals surface area (Å²) in [5.41, 5.74) is 3.72. The number of anilines is 2. The maximum Gasteiger partial charge on any atom is 0.345 e. The van der Waals surface area contributed by atoms with E-state index in [1.54, 1.807) is 72.8 Å². The van der Waals surface area contributed by atoms with Crippen molar-refractivity contribution in [1.29, 1.82) is 0 Å². The molecule has 11 heteroatoms. The van der Waals surface area contributed by atoms with E-state index in [1.165, 1.54) is 30.5 Å². The second kappa shape index (κ2) is 13.2. The lowest BCUT2D eigenvalue weighted by Gasteiger charge is -2.11. The largest absolute Gasteiger partial charge is 0.423 e. The molecule has 3 amide bonds. The lowest BCUT2D eigenvalue weighted by Crippen LogP contribution is -2.33. The highest BCUT2D eigenvalue weighted by Crippen LogP contribution is 2.20. The lowest BCUT2D eigenvalue weighted by molar-refractivity contribution is -0.136. The third-order valence-electron chi connectivity index (χ3n) is 5.29. The Morgan fingerprint density at radius 2 is 1.35 bits per heavy atom. The molecule has 0 aromatic heterocycles. The summed E-state index contributed by atoms with van der Waals surface area (Å²) in [4.78, 5) is 49.7. The fourth-order valence-corrected chi connectivity index (χ4v) is 3.67. The minimum absolute atomic E-state index is 0.139. The van der Waals surface area contributed by atoms with Gasteiger partial charge in [0.05, 0.1) is 28.1 Å². The summed E-state index contributed by atoms with van der Waals surface area (Å²) >= 11 is 11.9. The number of halogens is 2. The standard InChI is InChI=1S/C29H20Cl2N4O5/c30-19-11-13-20(14-12-19)33-26(36)23-6-2-4-8-25(23)34-27(37)28(38)35-32-17-18-9-15-21(16-10-18)40-29(39)22-5-1-3-7-24(22)31/h1-17H,(H,33,36)(H,34,37)(H,35,38). The van der Waals surface area contributed by atoms with Crippen LogP contribution in [0.15, 0.2) is 102 Å². The molecule has 0 radical (unpaired) electrons. The van der Waals surface area contributed by atoms with E-state index in [2.05, 4.69) is 21.2 Å². The van der Waals surface area contributed by atoms with Gasteiger partial charge in [0.2, 0.25) is 0 Å². The number of carbonyl (C=O) groups excluding carboxylic acids is 4. The first-order valence-corrected chi connectivity index (χ1v) is 12.4. The van der Waals surface area contributed by atoms with Gasteiger partial charge in [0.25, 0.3) is 5.91 Å². The monoisotopic (exact) mass is 574 g/mol. The van der Waals surface area contributed by atoms with Crippen molar-refractivity contribution in [3.05, 3.63) is 124 Å². The summed E-state index contributed by atoms with van der Waals surface area (Å²) in [7, 11) is 0. The average Bonchev–Trinajstić information content (AvgIpc) is 2.95. The predicted octanol–water partition coefficient (Wildman–Crippen LogP) is 5.55. The smallest absolute Gasteiger partial charge is 0.345 e. The van der Waals surface area contributed by atoms with E-state index in [-0.39, 0.29) is 27.6 Å². The zero-order chi connectivity index (χ0) is 28.5. The Hall–Kier alpha value is -4.99. The molecule has 0 fully saturated rings. The van der Waals surface area contributed by atoms with Gasteiger partial charge < -0.3 is 15.4 Å². The minimum Gasteiger partial charge on any atom is -0.423 e. The predicted molar refractivity (Wildman–Crippen MR) is 153 cm³/mol. The SMILES string of the molecule is O=C(NN=Cc1ccc(OC(=O)c2ccccc2Cl)cc1)C(=O)Nc1ccccc1C(=O)Nc1ccc(Cl)cc1. The van der Waals surface area contributed by atoms with E-state index in [0.29, 0.717) is 16.3 Å². The van der Waals surface area contributed by atoms with Gasteiger partial charge in [-0.1, -0.05) is 47.5 Å². The quantitative estimate of drug-likeness (QED) is 0.0876. The summed E-state index contributed by atoms with van der Waals surface area (Å²) in [6.07, 6.45) is 1.30. The summed E-state index contributed by atoms with van der Waals surface area (Å²) in [6, 6.07) is 25.5. The van der Waals surface area contributed by atoms with Gasteiger partial charge in [-0.2, -0.15) is 5.10 Å². The lowest BCUT2D eigenvalue weighted by atomic mass is 10.1. The number of amides is 3. The number of rotatable bonds is 7. The van der Waals surface area contributed by atoms with Crippen molar-refractivity contribution >= 4 is 64.5 Å². The van der Waals surface area contributed by atoms with Crippen molar-refractivity contribution in [3.8, 4) is 5.75 Å². The number of hydrogen-bond donors (Lipinski definition) is 3. The molecular weight excluding hydrogens is 555 g/mol. The Bertz CT molecular complexity index is 1590. The van der Waals surface area contributed by atoms with Crippen LogP contribution in [0.2, 0.25) is 10.0 Å². The van der Waals surface area contributed by atoms with Crippen molar-refractivity contribution in [2.24, 2.45) is 5.10 Å². The molecule has 0 saturated carbocycles. The fraction of sp³-hybridized carbons (Fsp3) is 0. The molecule has 0 spiro atoms. The Balaban J connectivity index is 1.31. The van der Waals surface area contributed by atoms with Crippen LogP contribution in [0.25, 0.3) is 0 Å². The number of benzene rings is 4. The molecule has 0 atom stereocenters. The molecule has 200 valence electrons. The van der Waals surface area contributed by atoms with Gasteiger partial charge in [-0.25, -0.2) is 10.2 Å². The number of ether oxygens (including phenoxy) is 1. The van der Waals surface area contributed by atoms with Crippen LogP contribution in [0.4, 0.5) is 11.4 Å². The van der Waals surface area contributed by atoms with Crippen molar-refractivity contribution in [2.75, 3.05) is 10.6 Å². The van der Waals surface area contributed by atoms with Crippen molar-refractivity contribution in [3.63, 3.8) is 0 Å². The zero-order valence-corrected chi connectivity index (χ0v) is 22.1. The second-order valence-electron chi connectivity index (χ2n) is 8.10. The summed E-state index contributed by atoms with van der Waals surface area (Å²) in [5.74, 6) is -2.88. The highest BCUT2D eigenvalue weighted by Gasteiger charge is 2.18. The molecule has 3 N–H and O–H groups in total. The first-order valence-electron chi connectivity index (χ1n) is 11.7. The molecule has 0 aliphatic rings. The topological polar surface area (TPSA) is 126 Å². The van der Waals surface area contributed by atoms with Crippen LogP contribution in [0, 0.1) is 0 Å². The van der Waals surface area contributed by atoms with Crippen LogP contribution >= 0.6 is 23.2 Å². The van der Waals surface area contributed by atoms with Crippen molar-refractivity contribution in [2.45, 2.75) is 0 Å². The number of nitrogens with zero attached hydrogens (tertiary/aromatic N) is 1. The maximum atomic E-state index is 12.7. The van der Waals surface area contributed by atoms with E-state index in [4.69, 9.17) is 27.9 Å². The Labute approximate surface area is 238 Å². The van der Waals surface area contributed by atoms with Crippen LogP contribution in [0.1, 0.15) is 26.3 Å². The van der Waals surface area contributed by atoms with Gasteiger partial charge in [-0.05, 0) is 78.4 Å². The Morgan fingerprint density at radius 1 is 0.700 bits per heavy atom. The fourth-order valence-electron chi connectivity index (χ4n) is 3.33. The van der Waals surface area contributed by atoms with Crippen LogP contribution in [0.3, 0.4) is 0 Å². The Morgan fingerprint density at radius 3 is 2.05 bits per heavy atom. The van der Waals surface area contributed by atoms with Crippen LogP contribution in [-0.4, -0.2) is 29.9 Å². The van der Waals surface area contributed by atoms with E-state index in [0.717, 1.165) is 0 Å². The molecule has 4 aromatic carbocycles. The first kappa shape index (κ1) is 28.0. The van der Waals surface area contributed by atoms with Gasteiger partial charge >= 0.3 is 17.8 Å². The van der Waals surface area contributed by atoms with E-state index in [1.807, 2.05) is 0 Å². The highest BCUT2D eigenvalue weighted by atomic mass is 35.5. The van der Waals surface area contributed by atoms with Crippen LogP contribution < -0.4 is 20.8 Å². The zero-order valence-electron chi connectivity index (χ0n) is 20.6. The molecule has 0 saturated heterocycles. The van der Waals surface area contributed by atoms with Gasteiger partial charge in [-0.15, -0.1) is 0 Å². The van der Waals surface area contributed by atoms with Gasteiger partial charge in [-0.3, -0.25) is 14.4 Å². The number of esters is 1. The molecule has 0 unspecified atom stereocenters. The minimum atomic E-state index is -1.05. The van der Waals surface area contributed by atoms with Crippen LogP contribution in [-0.2, 0) is 9.59 Å². The van der Waals surface area contributed by atoms with Gasteiger partial charge in [0.1, 0.15) is 5.75 Å². The van der Waals surface area contributed by atoms with E-state index < -0.39 is 23.7 Å². The summed E-state index contributed by atoms with van der Waals surface area (Å²) in [6.45, 7) is 0. The normalized spacial score (nSPS) is 10.6. The number of nitrogens with one attached hydrogen (secondary N) is 3. The molecule has 0 aliphatic heterocycles. The number of hydrogen-bond acceptors (Lipinski definition) is 6. The number of hydrazone groups is 1. The molecule has 40 heavy (non-hydrogen) atoms. The molecular formula is C29H20Cl2N4O5. The highest BCUT2D eigenvalue weighted by molar-refractivity contribution is 6.40. The number of carbonyl (C=O) groups is 4. The third-order valence-corrected chi connectivity index (χ3v) is 5.87. The maximum absolute atomic E-state index is 12.7. The molecule has 9 nitrogen and oxygen atoms in total. The molecule has 0 bridgehead atoms. The molecule has 0 heterocycles. The van der Waals surface area contributed by atoms with Gasteiger partial charge in [0, 0.05) is 10.7 Å². The first-order chi connectivity index (χ1) is 19.3. The Kier molecular flexibility index (Phi) is 9.24. The summed E-state index contributed by atoms with van der Waals surface area (Å²) < 4.78 is 5.31. The van der Waals surface area contributed by atoms with E-state index in [9.17, 15) is 19.2 Å². The van der Waals surface area contributed by atoms with E-state index >= 15 is 0 Å². The van der Waals surface area contributed by atoms with Crippen molar-refractivity contribution < 1.29 is 23.9 Å². The molecule has 4 rings (SSSR count). The molecule has 4 aromatic rings. The second-order valence-corrected chi connectivity index (χ2v) is 8.94. The van der Waals surface area contributed by atoms with Crippen LogP contribution in [0.5, 0.6) is 5.75 Å². The summed E-state index contributed by atoms with van der Waals surface area (Å²) in [5, 5.41) is 9.68.